The zero-order valence-electron chi connectivity index (χ0n) is 13.1. The summed E-state index contributed by atoms with van der Waals surface area (Å²) >= 11 is 0. The SMILES string of the molecule is O=S(=O)(c1ccc(Oc2ccc(F)cc2)c2c1[C@H](O)C(F)(F)C2)C(F)(F)F. The number of hydrogen-bond donors (Lipinski definition) is 1. The number of halogens is 6. The maximum absolute atomic E-state index is 13.9. The van der Waals surface area contributed by atoms with Crippen LogP contribution in [0.4, 0.5) is 26.3 Å². The van der Waals surface area contributed by atoms with Crippen LogP contribution in [0.3, 0.4) is 0 Å². The Bertz CT molecular complexity index is 983. The molecule has 0 saturated carbocycles. The van der Waals surface area contributed by atoms with Gasteiger partial charge in [0, 0.05) is 17.5 Å². The lowest BCUT2D eigenvalue weighted by molar-refractivity contribution is -0.0978. The molecule has 0 unspecified atom stereocenters. The number of fused-ring (bicyclic) bond motifs is 1. The summed E-state index contributed by atoms with van der Waals surface area (Å²) in [7, 11) is -5.98. The minimum Gasteiger partial charge on any atom is -0.457 e. The number of rotatable bonds is 3. The van der Waals surface area contributed by atoms with Gasteiger partial charge in [0.2, 0.25) is 0 Å². The summed E-state index contributed by atoms with van der Waals surface area (Å²) in [5.41, 5.74) is -7.36. The monoisotopic (exact) mass is 412 g/mol. The molecule has 11 heteroatoms. The molecular formula is C16H10F6O4S. The van der Waals surface area contributed by atoms with Gasteiger partial charge in [-0.3, -0.25) is 0 Å². The number of alkyl halides is 5. The first-order valence-electron chi connectivity index (χ1n) is 7.31. The summed E-state index contributed by atoms with van der Waals surface area (Å²) in [5, 5.41) is 9.76. The Kier molecular flexibility index (Phi) is 4.42. The van der Waals surface area contributed by atoms with E-state index in [4.69, 9.17) is 4.74 Å². The second-order valence-electron chi connectivity index (χ2n) is 5.80. The van der Waals surface area contributed by atoms with E-state index in [1.165, 1.54) is 0 Å². The number of sulfone groups is 1. The zero-order chi connectivity index (χ0) is 20.2. The van der Waals surface area contributed by atoms with Gasteiger partial charge in [0.05, 0.1) is 4.90 Å². The van der Waals surface area contributed by atoms with Gasteiger partial charge in [0.25, 0.3) is 15.8 Å². The molecule has 0 heterocycles. The molecule has 1 aliphatic rings. The van der Waals surface area contributed by atoms with Crippen molar-refractivity contribution in [2.24, 2.45) is 0 Å². The molecule has 0 amide bonds. The molecular weight excluding hydrogens is 402 g/mol. The first-order chi connectivity index (χ1) is 12.3. The average Bonchev–Trinajstić information content (AvgIpc) is 2.79. The number of aliphatic hydroxyl groups is 1. The molecule has 0 fully saturated rings. The molecule has 146 valence electrons. The molecule has 0 spiro atoms. The van der Waals surface area contributed by atoms with Crippen molar-refractivity contribution in [2.45, 2.75) is 28.9 Å². The fourth-order valence-electron chi connectivity index (χ4n) is 2.73. The Morgan fingerprint density at radius 1 is 1.07 bits per heavy atom. The Hall–Kier alpha value is -2.27. The highest BCUT2D eigenvalue weighted by Gasteiger charge is 2.55. The molecule has 0 saturated heterocycles. The normalized spacial score (nSPS) is 19.0. The molecule has 2 aromatic carbocycles. The fourth-order valence-corrected chi connectivity index (χ4v) is 3.75. The molecule has 0 aliphatic heterocycles. The summed E-state index contributed by atoms with van der Waals surface area (Å²) in [6, 6.07) is 5.53. The molecule has 1 N–H and O–H groups in total. The maximum Gasteiger partial charge on any atom is 0.501 e. The Balaban J connectivity index is 2.17. The van der Waals surface area contributed by atoms with Crippen molar-refractivity contribution in [3.8, 4) is 11.5 Å². The Morgan fingerprint density at radius 3 is 2.22 bits per heavy atom. The lowest BCUT2D eigenvalue weighted by atomic mass is 10.1. The second kappa shape index (κ2) is 6.13. The van der Waals surface area contributed by atoms with E-state index in [1.807, 2.05) is 0 Å². The summed E-state index contributed by atoms with van der Waals surface area (Å²) in [5.74, 6) is -4.88. The van der Waals surface area contributed by atoms with Gasteiger partial charge in [0.1, 0.15) is 23.4 Å². The van der Waals surface area contributed by atoms with Gasteiger partial charge in [-0.05, 0) is 36.4 Å². The maximum atomic E-state index is 13.9. The standard InChI is InChI=1S/C16H10F6O4S/c17-8-1-3-9(4-2-8)26-11-5-6-12(27(24,25)16(20,21)22)13-10(11)7-15(18,19)14(13)23/h1-6,14,23H,7H2/t14-/m0/s1. The van der Waals surface area contributed by atoms with Crippen molar-refractivity contribution >= 4 is 9.84 Å². The highest BCUT2D eigenvalue weighted by atomic mass is 32.2. The van der Waals surface area contributed by atoms with Gasteiger partial charge in [-0.1, -0.05) is 0 Å². The van der Waals surface area contributed by atoms with Crippen LogP contribution in [0, 0.1) is 5.82 Å². The van der Waals surface area contributed by atoms with Crippen LogP contribution in [0.5, 0.6) is 11.5 Å². The van der Waals surface area contributed by atoms with Crippen molar-refractivity contribution in [2.75, 3.05) is 0 Å². The molecule has 27 heavy (non-hydrogen) atoms. The molecule has 4 nitrogen and oxygen atoms in total. The van der Waals surface area contributed by atoms with E-state index in [1.54, 1.807) is 0 Å². The average molecular weight is 412 g/mol. The molecule has 1 atom stereocenters. The summed E-state index contributed by atoms with van der Waals surface area (Å²) in [4.78, 5) is -1.46. The number of hydrogen-bond acceptors (Lipinski definition) is 4. The van der Waals surface area contributed by atoms with Gasteiger partial charge >= 0.3 is 5.51 Å². The first kappa shape index (κ1) is 19.5. The van der Waals surface area contributed by atoms with E-state index >= 15 is 0 Å². The molecule has 1 aliphatic carbocycles. The predicted molar refractivity (Wildman–Crippen MR) is 79.8 cm³/mol. The van der Waals surface area contributed by atoms with Crippen molar-refractivity contribution < 1.29 is 44.6 Å². The fraction of sp³-hybridized carbons (Fsp3) is 0.250. The predicted octanol–water partition coefficient (Wildman–Crippen LogP) is 4.14. The molecule has 0 aromatic heterocycles. The smallest absolute Gasteiger partial charge is 0.457 e. The van der Waals surface area contributed by atoms with Crippen LogP contribution in [0.15, 0.2) is 41.3 Å². The van der Waals surface area contributed by atoms with Crippen LogP contribution in [0.25, 0.3) is 0 Å². The van der Waals surface area contributed by atoms with E-state index in [-0.39, 0.29) is 11.5 Å². The van der Waals surface area contributed by atoms with E-state index in [0.717, 1.165) is 30.3 Å². The van der Waals surface area contributed by atoms with Gasteiger partial charge in [-0.15, -0.1) is 0 Å². The third-order valence-electron chi connectivity index (χ3n) is 4.00. The lowest BCUT2D eigenvalue weighted by Gasteiger charge is -2.17. The number of benzene rings is 2. The van der Waals surface area contributed by atoms with Crippen LogP contribution in [-0.2, 0) is 16.3 Å². The van der Waals surface area contributed by atoms with Crippen LogP contribution >= 0.6 is 0 Å². The van der Waals surface area contributed by atoms with Gasteiger partial charge in [-0.2, -0.15) is 13.2 Å². The number of aliphatic hydroxyl groups excluding tert-OH is 1. The van der Waals surface area contributed by atoms with E-state index < -0.39 is 55.6 Å². The summed E-state index contributed by atoms with van der Waals surface area (Å²) in [6.07, 6.45) is -3.97. The minimum atomic E-state index is -5.98. The Labute approximate surface area is 148 Å². The number of ether oxygens (including phenoxy) is 1. The second-order valence-corrected chi connectivity index (χ2v) is 7.71. The highest BCUT2D eigenvalue weighted by molar-refractivity contribution is 7.92. The van der Waals surface area contributed by atoms with Gasteiger partial charge in [0.15, 0.2) is 0 Å². The minimum absolute atomic E-state index is 0.0188. The third kappa shape index (κ3) is 3.25. The molecule has 3 rings (SSSR count). The van der Waals surface area contributed by atoms with Crippen LogP contribution in [0.2, 0.25) is 0 Å². The van der Waals surface area contributed by atoms with Crippen LogP contribution in [-0.4, -0.2) is 25.0 Å². The van der Waals surface area contributed by atoms with Crippen molar-refractivity contribution in [3.05, 3.63) is 53.3 Å². The highest BCUT2D eigenvalue weighted by Crippen LogP contribution is 2.51. The first-order valence-corrected chi connectivity index (χ1v) is 8.79. The summed E-state index contributed by atoms with van der Waals surface area (Å²) in [6.45, 7) is 0. The molecule has 0 bridgehead atoms. The van der Waals surface area contributed by atoms with Crippen molar-refractivity contribution in [1.82, 2.24) is 0 Å². The van der Waals surface area contributed by atoms with E-state index in [9.17, 15) is 39.9 Å². The van der Waals surface area contributed by atoms with Crippen LogP contribution < -0.4 is 4.74 Å². The van der Waals surface area contributed by atoms with Crippen molar-refractivity contribution in [1.29, 1.82) is 0 Å². The lowest BCUT2D eigenvalue weighted by Crippen LogP contribution is -2.26. The van der Waals surface area contributed by atoms with Crippen molar-refractivity contribution in [3.63, 3.8) is 0 Å². The van der Waals surface area contributed by atoms with E-state index in [2.05, 4.69) is 0 Å². The quantitative estimate of drug-likeness (QED) is 0.770. The largest absolute Gasteiger partial charge is 0.501 e. The summed E-state index contributed by atoms with van der Waals surface area (Å²) < 4.78 is 108. The third-order valence-corrected chi connectivity index (χ3v) is 5.54. The zero-order valence-corrected chi connectivity index (χ0v) is 13.9. The Morgan fingerprint density at radius 2 is 1.67 bits per heavy atom. The van der Waals surface area contributed by atoms with Gasteiger partial charge < -0.3 is 9.84 Å². The molecule has 0 radical (unpaired) electrons. The van der Waals surface area contributed by atoms with Gasteiger partial charge in [-0.25, -0.2) is 21.6 Å². The molecule has 2 aromatic rings. The van der Waals surface area contributed by atoms with E-state index in [0.29, 0.717) is 6.07 Å². The van der Waals surface area contributed by atoms with Crippen LogP contribution in [0.1, 0.15) is 17.2 Å². The topological polar surface area (TPSA) is 63.6 Å².